The molecule has 5 nitrogen and oxygen atoms in total. The molecule has 0 bridgehead atoms. The third kappa shape index (κ3) is 3.38. The van der Waals surface area contributed by atoms with Gasteiger partial charge in [-0.15, -0.1) is 11.3 Å². The predicted octanol–water partition coefficient (Wildman–Crippen LogP) is 4.34. The van der Waals surface area contributed by atoms with E-state index in [0.29, 0.717) is 0 Å². The molecular formula is C18H22N2O3S. The monoisotopic (exact) mass is 346 g/mol. The lowest BCUT2D eigenvalue weighted by Crippen LogP contribution is -2.39. The number of allylic oxidation sites excluding steroid dienone is 1. The first-order chi connectivity index (χ1) is 11.4. The Labute approximate surface area is 145 Å². The average Bonchev–Trinajstić information content (AvgIpc) is 3.08. The SMILES string of the molecule is COC1=C(c2csc3ncccc23)CCC1NC(=O)OC(C)(C)C. The van der Waals surface area contributed by atoms with Gasteiger partial charge < -0.3 is 14.8 Å². The Kier molecular flexibility index (Phi) is 4.49. The maximum absolute atomic E-state index is 12.1. The standard InChI is InChI=1S/C18H22N2O3S/c1-18(2,3)23-17(21)20-14-8-7-11(15(14)22-4)13-10-24-16-12(13)6-5-9-19-16/h5-6,9-10,14H,7-8H2,1-4H3,(H,20,21). The van der Waals surface area contributed by atoms with Gasteiger partial charge in [0.05, 0.1) is 13.2 Å². The summed E-state index contributed by atoms with van der Waals surface area (Å²) in [6.45, 7) is 5.55. The molecule has 1 aliphatic carbocycles. The van der Waals surface area contributed by atoms with Crippen molar-refractivity contribution in [1.82, 2.24) is 10.3 Å². The van der Waals surface area contributed by atoms with Crippen LogP contribution in [0.5, 0.6) is 0 Å². The number of nitrogens with zero attached hydrogens (tertiary/aromatic N) is 1. The van der Waals surface area contributed by atoms with Crippen molar-refractivity contribution in [3.05, 3.63) is 35.0 Å². The molecule has 0 saturated carbocycles. The van der Waals surface area contributed by atoms with Crippen LogP contribution in [-0.2, 0) is 9.47 Å². The molecule has 24 heavy (non-hydrogen) atoms. The van der Waals surface area contributed by atoms with E-state index in [1.165, 1.54) is 0 Å². The van der Waals surface area contributed by atoms with Crippen molar-refractivity contribution >= 4 is 33.2 Å². The molecule has 128 valence electrons. The number of hydrogen-bond donors (Lipinski definition) is 1. The van der Waals surface area contributed by atoms with E-state index in [-0.39, 0.29) is 6.04 Å². The maximum atomic E-state index is 12.1. The quantitative estimate of drug-likeness (QED) is 0.898. The smallest absolute Gasteiger partial charge is 0.408 e. The van der Waals surface area contributed by atoms with Gasteiger partial charge in [0.2, 0.25) is 0 Å². The molecule has 1 unspecified atom stereocenters. The summed E-state index contributed by atoms with van der Waals surface area (Å²) < 4.78 is 11.0. The number of methoxy groups -OCH3 is 1. The number of alkyl carbamates (subject to hydrolysis) is 1. The molecule has 2 aromatic rings. The molecule has 0 radical (unpaired) electrons. The minimum absolute atomic E-state index is 0.161. The molecule has 0 spiro atoms. The van der Waals surface area contributed by atoms with E-state index < -0.39 is 11.7 Å². The highest BCUT2D eigenvalue weighted by Gasteiger charge is 2.31. The fourth-order valence-electron chi connectivity index (χ4n) is 2.98. The van der Waals surface area contributed by atoms with E-state index in [0.717, 1.165) is 40.0 Å². The minimum atomic E-state index is -0.516. The van der Waals surface area contributed by atoms with Crippen LogP contribution in [0, 0.1) is 0 Å². The second-order valence-electron chi connectivity index (χ2n) is 6.79. The number of hydrogen-bond acceptors (Lipinski definition) is 5. The highest BCUT2D eigenvalue weighted by atomic mass is 32.1. The van der Waals surface area contributed by atoms with Crippen LogP contribution in [0.1, 0.15) is 39.2 Å². The molecule has 0 fully saturated rings. The molecular weight excluding hydrogens is 324 g/mol. The number of nitrogens with one attached hydrogen (secondary N) is 1. The van der Waals surface area contributed by atoms with Crippen LogP contribution >= 0.6 is 11.3 Å². The second-order valence-corrected chi connectivity index (χ2v) is 7.65. The van der Waals surface area contributed by atoms with Gasteiger partial charge in [0.25, 0.3) is 0 Å². The van der Waals surface area contributed by atoms with Crippen molar-refractivity contribution in [1.29, 1.82) is 0 Å². The number of aromatic nitrogens is 1. The van der Waals surface area contributed by atoms with E-state index in [1.807, 2.05) is 26.8 Å². The van der Waals surface area contributed by atoms with Gasteiger partial charge in [0, 0.05) is 28.1 Å². The summed E-state index contributed by atoms with van der Waals surface area (Å²) in [5.41, 5.74) is 1.77. The number of carbonyl (C=O) groups is 1. The maximum Gasteiger partial charge on any atom is 0.408 e. The van der Waals surface area contributed by atoms with Gasteiger partial charge in [-0.05, 0) is 45.7 Å². The van der Waals surface area contributed by atoms with E-state index in [9.17, 15) is 4.79 Å². The molecule has 2 aromatic heterocycles. The predicted molar refractivity (Wildman–Crippen MR) is 95.9 cm³/mol. The molecule has 1 N–H and O–H groups in total. The van der Waals surface area contributed by atoms with Crippen LogP contribution in [-0.4, -0.2) is 29.8 Å². The largest absolute Gasteiger partial charge is 0.499 e. The van der Waals surface area contributed by atoms with E-state index in [2.05, 4.69) is 21.7 Å². The first-order valence-electron chi connectivity index (χ1n) is 7.98. The van der Waals surface area contributed by atoms with Crippen LogP contribution in [0.3, 0.4) is 0 Å². The van der Waals surface area contributed by atoms with Crippen LogP contribution in [0.2, 0.25) is 0 Å². The van der Waals surface area contributed by atoms with Gasteiger partial charge in [-0.1, -0.05) is 0 Å². The van der Waals surface area contributed by atoms with Crippen molar-refractivity contribution in [3.63, 3.8) is 0 Å². The second kappa shape index (κ2) is 6.43. The molecule has 3 rings (SSSR count). The lowest BCUT2D eigenvalue weighted by Gasteiger charge is -2.22. The molecule has 1 amide bonds. The van der Waals surface area contributed by atoms with E-state index in [4.69, 9.17) is 9.47 Å². The van der Waals surface area contributed by atoms with Gasteiger partial charge in [0.1, 0.15) is 16.2 Å². The third-order valence-electron chi connectivity index (χ3n) is 3.88. The summed E-state index contributed by atoms with van der Waals surface area (Å²) in [5.74, 6) is 0.810. The first kappa shape index (κ1) is 16.8. The first-order valence-corrected chi connectivity index (χ1v) is 8.86. The summed E-state index contributed by atoms with van der Waals surface area (Å²) in [4.78, 5) is 17.5. The molecule has 1 aliphatic rings. The van der Waals surface area contributed by atoms with Crippen molar-refractivity contribution < 1.29 is 14.3 Å². The van der Waals surface area contributed by atoms with Gasteiger partial charge in [0.15, 0.2) is 0 Å². The lowest BCUT2D eigenvalue weighted by atomic mass is 10.1. The van der Waals surface area contributed by atoms with Crippen LogP contribution in [0.25, 0.3) is 15.8 Å². The Morgan fingerprint density at radius 3 is 2.92 bits per heavy atom. The Bertz CT molecular complexity index is 789. The molecule has 0 aromatic carbocycles. The van der Waals surface area contributed by atoms with Crippen molar-refractivity contribution in [2.24, 2.45) is 0 Å². The van der Waals surface area contributed by atoms with Crippen molar-refractivity contribution in [2.45, 2.75) is 45.3 Å². The molecule has 1 atom stereocenters. The van der Waals surface area contributed by atoms with Crippen LogP contribution in [0.15, 0.2) is 29.5 Å². The molecule has 0 aliphatic heterocycles. The Hall–Kier alpha value is -2.08. The molecule has 2 heterocycles. The number of amides is 1. The van der Waals surface area contributed by atoms with E-state index in [1.54, 1.807) is 24.6 Å². The molecule has 6 heteroatoms. The number of pyridine rings is 1. The zero-order valence-electron chi connectivity index (χ0n) is 14.4. The van der Waals surface area contributed by atoms with E-state index >= 15 is 0 Å². The highest BCUT2D eigenvalue weighted by Crippen LogP contribution is 2.39. The van der Waals surface area contributed by atoms with Gasteiger partial charge in [-0.3, -0.25) is 0 Å². The van der Waals surface area contributed by atoms with Crippen molar-refractivity contribution in [2.75, 3.05) is 7.11 Å². The fraction of sp³-hybridized carbons (Fsp3) is 0.444. The summed E-state index contributed by atoms with van der Waals surface area (Å²) in [6.07, 6.45) is 3.04. The lowest BCUT2D eigenvalue weighted by molar-refractivity contribution is 0.0499. The van der Waals surface area contributed by atoms with Crippen LogP contribution < -0.4 is 5.32 Å². The fourth-order valence-corrected chi connectivity index (χ4v) is 3.90. The highest BCUT2D eigenvalue weighted by molar-refractivity contribution is 7.17. The Morgan fingerprint density at radius 2 is 2.21 bits per heavy atom. The number of fused-ring (bicyclic) bond motifs is 1. The number of thiophene rings is 1. The zero-order valence-corrected chi connectivity index (χ0v) is 15.2. The number of rotatable bonds is 3. The topological polar surface area (TPSA) is 60.5 Å². The van der Waals surface area contributed by atoms with Gasteiger partial charge in [-0.2, -0.15) is 0 Å². The number of carbonyl (C=O) groups excluding carboxylic acids is 1. The summed E-state index contributed by atoms with van der Waals surface area (Å²) in [7, 11) is 1.65. The average molecular weight is 346 g/mol. The Morgan fingerprint density at radius 1 is 1.42 bits per heavy atom. The summed E-state index contributed by atoms with van der Waals surface area (Å²) >= 11 is 1.62. The third-order valence-corrected chi connectivity index (χ3v) is 4.78. The summed E-state index contributed by atoms with van der Waals surface area (Å²) in [6, 6.07) is 3.85. The van der Waals surface area contributed by atoms with Gasteiger partial charge in [-0.25, -0.2) is 9.78 Å². The van der Waals surface area contributed by atoms with Gasteiger partial charge >= 0.3 is 6.09 Å². The number of ether oxygens (including phenoxy) is 2. The van der Waals surface area contributed by atoms with Crippen molar-refractivity contribution in [3.8, 4) is 0 Å². The van der Waals surface area contributed by atoms with Crippen LogP contribution in [0.4, 0.5) is 4.79 Å². The normalized spacial score (nSPS) is 18.1. The zero-order chi connectivity index (χ0) is 17.3. The molecule has 0 saturated heterocycles. The Balaban J connectivity index is 1.87. The minimum Gasteiger partial charge on any atom is -0.499 e. The summed E-state index contributed by atoms with van der Waals surface area (Å²) in [5, 5.41) is 6.16.